The van der Waals surface area contributed by atoms with Crippen LogP contribution in [-0.2, 0) is 17.8 Å². The summed E-state index contributed by atoms with van der Waals surface area (Å²) in [4.78, 5) is 32.0. The lowest BCUT2D eigenvalue weighted by molar-refractivity contribution is -0.120. The number of hydrogen-bond donors (Lipinski definition) is 1. The lowest BCUT2D eigenvalue weighted by Gasteiger charge is -2.30. The third-order valence-corrected chi connectivity index (χ3v) is 6.15. The topological polar surface area (TPSA) is 75.4 Å². The van der Waals surface area contributed by atoms with Gasteiger partial charge in [-0.2, -0.15) is 0 Å². The molecule has 4 rings (SSSR count). The number of carbonyl (C=O) groups excluding carboxylic acids is 2. The van der Waals surface area contributed by atoms with Crippen LogP contribution in [0.1, 0.15) is 40.7 Å². The van der Waals surface area contributed by atoms with Crippen molar-refractivity contribution in [1.29, 1.82) is 0 Å². The Morgan fingerprint density at radius 3 is 2.83 bits per heavy atom. The molecule has 2 aromatic heterocycles. The molecule has 1 fully saturated rings. The zero-order valence-electron chi connectivity index (χ0n) is 17.0. The van der Waals surface area contributed by atoms with Gasteiger partial charge in [0.2, 0.25) is 11.8 Å². The standard InChI is InChI=1S/C23H25N3O3S/c1-16-4-2-10-26(14-16)23(28)20-15-29-22(25-20)18-8-6-17(7-9-18)13-24-21(27)12-19-5-3-11-30-19/h3,5-9,11,15-16H,2,4,10,12-14H2,1H3,(H,24,27). The highest BCUT2D eigenvalue weighted by molar-refractivity contribution is 7.10. The van der Waals surface area contributed by atoms with E-state index in [4.69, 9.17) is 4.42 Å². The summed E-state index contributed by atoms with van der Waals surface area (Å²) < 4.78 is 5.56. The number of rotatable bonds is 6. The van der Waals surface area contributed by atoms with Gasteiger partial charge in [0, 0.05) is 30.1 Å². The first kappa shape index (κ1) is 20.3. The molecule has 2 amide bonds. The Hall–Kier alpha value is -2.93. The molecular weight excluding hydrogens is 398 g/mol. The van der Waals surface area contributed by atoms with E-state index in [1.807, 2.05) is 46.7 Å². The second-order valence-corrected chi connectivity index (χ2v) is 8.80. The number of aromatic nitrogens is 1. The maximum Gasteiger partial charge on any atom is 0.275 e. The van der Waals surface area contributed by atoms with Crippen molar-refractivity contribution in [2.75, 3.05) is 13.1 Å². The van der Waals surface area contributed by atoms with E-state index < -0.39 is 0 Å². The molecule has 7 heteroatoms. The molecule has 156 valence electrons. The summed E-state index contributed by atoms with van der Waals surface area (Å²) in [5, 5.41) is 4.90. The highest BCUT2D eigenvalue weighted by atomic mass is 32.1. The van der Waals surface area contributed by atoms with Gasteiger partial charge in [-0.25, -0.2) is 4.98 Å². The number of hydrogen-bond acceptors (Lipinski definition) is 5. The lowest BCUT2D eigenvalue weighted by Crippen LogP contribution is -2.39. The molecule has 3 aromatic rings. The molecule has 1 aromatic carbocycles. The normalized spacial score (nSPS) is 16.4. The van der Waals surface area contributed by atoms with E-state index in [2.05, 4.69) is 17.2 Å². The first-order valence-corrected chi connectivity index (χ1v) is 11.1. The van der Waals surface area contributed by atoms with Crippen LogP contribution in [0.15, 0.2) is 52.5 Å². The quantitative estimate of drug-likeness (QED) is 0.647. The van der Waals surface area contributed by atoms with Gasteiger partial charge in [0.15, 0.2) is 5.69 Å². The minimum absolute atomic E-state index is 0.00409. The summed E-state index contributed by atoms with van der Waals surface area (Å²) in [6, 6.07) is 11.5. The summed E-state index contributed by atoms with van der Waals surface area (Å²) >= 11 is 1.58. The Morgan fingerprint density at radius 2 is 2.10 bits per heavy atom. The molecule has 1 N–H and O–H groups in total. The van der Waals surface area contributed by atoms with E-state index in [0.717, 1.165) is 41.9 Å². The average molecular weight is 424 g/mol. The predicted octanol–water partition coefficient (Wildman–Crippen LogP) is 4.13. The number of oxazole rings is 1. The van der Waals surface area contributed by atoms with Crippen molar-refractivity contribution in [1.82, 2.24) is 15.2 Å². The third kappa shape index (κ3) is 4.97. The highest BCUT2D eigenvalue weighted by Gasteiger charge is 2.24. The number of nitrogens with one attached hydrogen (secondary N) is 1. The van der Waals surface area contributed by atoms with E-state index in [-0.39, 0.29) is 11.8 Å². The number of thiophene rings is 1. The first-order valence-electron chi connectivity index (χ1n) is 10.2. The fraction of sp³-hybridized carbons (Fsp3) is 0.348. The van der Waals surface area contributed by atoms with Gasteiger partial charge < -0.3 is 14.6 Å². The summed E-state index contributed by atoms with van der Waals surface area (Å²) in [5.41, 5.74) is 2.14. The predicted molar refractivity (Wildman–Crippen MR) is 116 cm³/mol. The zero-order valence-corrected chi connectivity index (χ0v) is 17.8. The molecule has 0 bridgehead atoms. The molecule has 1 unspecified atom stereocenters. The molecule has 30 heavy (non-hydrogen) atoms. The first-order chi connectivity index (χ1) is 14.6. The van der Waals surface area contributed by atoms with Crippen LogP contribution >= 0.6 is 11.3 Å². The summed E-state index contributed by atoms with van der Waals surface area (Å²) in [7, 11) is 0. The van der Waals surface area contributed by atoms with Crippen LogP contribution in [0.2, 0.25) is 0 Å². The van der Waals surface area contributed by atoms with Crippen molar-refractivity contribution in [3.8, 4) is 11.5 Å². The van der Waals surface area contributed by atoms with Crippen LogP contribution < -0.4 is 5.32 Å². The lowest BCUT2D eigenvalue weighted by atomic mass is 10.0. The molecule has 1 aliphatic rings. The summed E-state index contributed by atoms with van der Waals surface area (Å²) in [6.07, 6.45) is 4.03. The van der Waals surface area contributed by atoms with Crippen molar-refractivity contribution in [2.45, 2.75) is 32.7 Å². The Labute approximate surface area is 179 Å². The van der Waals surface area contributed by atoms with Crippen LogP contribution in [0.3, 0.4) is 0 Å². The molecule has 1 aliphatic heterocycles. The van der Waals surface area contributed by atoms with Crippen LogP contribution in [0, 0.1) is 5.92 Å². The molecule has 3 heterocycles. The maximum absolute atomic E-state index is 12.7. The van der Waals surface area contributed by atoms with Crippen LogP contribution in [-0.4, -0.2) is 34.8 Å². The summed E-state index contributed by atoms with van der Waals surface area (Å²) in [5.74, 6) is 0.884. The second kappa shape index (κ2) is 9.26. The van der Waals surface area contributed by atoms with Crippen molar-refractivity contribution < 1.29 is 14.0 Å². The van der Waals surface area contributed by atoms with Crippen LogP contribution in [0.4, 0.5) is 0 Å². The van der Waals surface area contributed by atoms with Gasteiger partial charge in [-0.05, 0) is 47.9 Å². The van der Waals surface area contributed by atoms with Crippen molar-refractivity contribution in [2.24, 2.45) is 5.92 Å². The van der Waals surface area contributed by atoms with Gasteiger partial charge in [-0.15, -0.1) is 11.3 Å². The molecule has 0 saturated carbocycles. The second-order valence-electron chi connectivity index (χ2n) is 7.77. The molecular formula is C23H25N3O3S. The van der Waals surface area contributed by atoms with Gasteiger partial charge in [0.25, 0.3) is 5.91 Å². The Kier molecular flexibility index (Phi) is 6.28. The largest absolute Gasteiger partial charge is 0.444 e. The SMILES string of the molecule is CC1CCCN(C(=O)c2coc(-c3ccc(CNC(=O)Cc4cccs4)cc3)n2)C1. The smallest absolute Gasteiger partial charge is 0.275 e. The number of likely N-dealkylation sites (tertiary alicyclic amines) is 1. The maximum atomic E-state index is 12.7. The van der Waals surface area contributed by atoms with E-state index in [1.54, 1.807) is 11.3 Å². The number of nitrogens with zero attached hydrogens (tertiary/aromatic N) is 2. The van der Waals surface area contributed by atoms with E-state index >= 15 is 0 Å². The van der Waals surface area contributed by atoms with E-state index in [1.165, 1.54) is 6.26 Å². The number of piperidine rings is 1. The van der Waals surface area contributed by atoms with Crippen molar-refractivity contribution >= 4 is 23.2 Å². The Balaban J connectivity index is 1.34. The molecule has 0 radical (unpaired) electrons. The van der Waals surface area contributed by atoms with Gasteiger partial charge >= 0.3 is 0 Å². The fourth-order valence-corrected chi connectivity index (χ4v) is 4.34. The van der Waals surface area contributed by atoms with E-state index in [9.17, 15) is 9.59 Å². The van der Waals surface area contributed by atoms with Crippen LogP contribution in [0.25, 0.3) is 11.5 Å². The third-order valence-electron chi connectivity index (χ3n) is 5.27. The monoisotopic (exact) mass is 423 g/mol. The molecule has 6 nitrogen and oxygen atoms in total. The fourth-order valence-electron chi connectivity index (χ4n) is 3.64. The number of carbonyl (C=O) groups is 2. The van der Waals surface area contributed by atoms with Gasteiger partial charge in [-0.1, -0.05) is 25.1 Å². The van der Waals surface area contributed by atoms with Gasteiger partial charge in [0.05, 0.1) is 6.42 Å². The minimum atomic E-state index is -0.0679. The number of amides is 2. The average Bonchev–Trinajstić information content (AvgIpc) is 3.44. The molecule has 0 aliphatic carbocycles. The zero-order chi connectivity index (χ0) is 20.9. The van der Waals surface area contributed by atoms with Gasteiger partial charge in [-0.3, -0.25) is 9.59 Å². The van der Waals surface area contributed by atoms with Crippen molar-refractivity contribution in [3.63, 3.8) is 0 Å². The minimum Gasteiger partial charge on any atom is -0.444 e. The number of benzene rings is 1. The van der Waals surface area contributed by atoms with E-state index in [0.29, 0.717) is 30.5 Å². The van der Waals surface area contributed by atoms with Gasteiger partial charge in [0.1, 0.15) is 6.26 Å². The molecule has 1 atom stereocenters. The molecule has 0 spiro atoms. The summed E-state index contributed by atoms with van der Waals surface area (Å²) in [6.45, 7) is 4.18. The Bertz CT molecular complexity index is 995. The Morgan fingerprint density at radius 1 is 1.27 bits per heavy atom. The van der Waals surface area contributed by atoms with Crippen molar-refractivity contribution in [3.05, 3.63) is 64.2 Å². The highest BCUT2D eigenvalue weighted by Crippen LogP contribution is 2.22. The molecule has 1 saturated heterocycles. The van der Waals surface area contributed by atoms with Crippen LogP contribution in [0.5, 0.6) is 0 Å².